The second kappa shape index (κ2) is 8.03. The monoisotopic (exact) mass is 437 g/mol. The van der Waals surface area contributed by atoms with Crippen LogP contribution in [-0.4, -0.2) is 21.5 Å². The van der Waals surface area contributed by atoms with Crippen molar-refractivity contribution in [1.82, 2.24) is 4.98 Å². The van der Waals surface area contributed by atoms with Crippen LogP contribution < -0.4 is 0 Å². The number of carbonyl (C=O) groups excluding carboxylic acids is 1. The van der Waals surface area contributed by atoms with Crippen LogP contribution >= 0.6 is 11.3 Å². The van der Waals surface area contributed by atoms with Crippen LogP contribution in [0.15, 0.2) is 18.2 Å². The highest BCUT2D eigenvalue weighted by Crippen LogP contribution is 2.47. The molecule has 2 heterocycles. The lowest BCUT2D eigenvalue weighted by atomic mass is 9.86. The molecule has 0 radical (unpaired) electrons. The number of pyridine rings is 1. The van der Waals surface area contributed by atoms with Gasteiger partial charge < -0.3 is 9.84 Å². The van der Waals surface area contributed by atoms with Gasteiger partial charge in [0.15, 0.2) is 5.78 Å². The van der Waals surface area contributed by atoms with E-state index in [9.17, 15) is 9.90 Å². The maximum Gasteiger partial charge on any atom is 0.163 e. The normalized spacial score (nSPS) is 15.2. The van der Waals surface area contributed by atoms with E-state index in [1.54, 1.807) is 24.3 Å². The highest BCUT2D eigenvalue weighted by atomic mass is 32.1. The molecular weight excluding hydrogens is 406 g/mol. The molecule has 1 unspecified atom stereocenters. The molecule has 0 amide bonds. The lowest BCUT2D eigenvalue weighted by Gasteiger charge is -2.29. The molecule has 3 aromatic rings. The smallest absolute Gasteiger partial charge is 0.163 e. The summed E-state index contributed by atoms with van der Waals surface area (Å²) in [4.78, 5) is 20.2. The molecule has 31 heavy (non-hydrogen) atoms. The van der Waals surface area contributed by atoms with E-state index >= 15 is 0 Å². The number of carbonyl (C=O) groups is 1. The van der Waals surface area contributed by atoms with Gasteiger partial charge in [-0.15, -0.1) is 11.3 Å². The average molecular weight is 438 g/mol. The van der Waals surface area contributed by atoms with Crippen molar-refractivity contribution in [3.05, 3.63) is 45.5 Å². The number of hydrogen-bond acceptors (Lipinski definition) is 5. The Hall–Kier alpha value is -2.24. The van der Waals surface area contributed by atoms with E-state index in [4.69, 9.17) is 9.72 Å². The molecule has 1 N–H and O–H groups in total. The molecule has 1 aliphatic carbocycles. The van der Waals surface area contributed by atoms with Crippen molar-refractivity contribution in [2.45, 2.75) is 78.9 Å². The first-order valence-electron chi connectivity index (χ1n) is 11.0. The van der Waals surface area contributed by atoms with Gasteiger partial charge in [-0.25, -0.2) is 4.98 Å². The molecule has 0 bridgehead atoms. The van der Waals surface area contributed by atoms with Crippen LogP contribution in [0.5, 0.6) is 5.75 Å². The fourth-order valence-corrected chi connectivity index (χ4v) is 5.89. The Morgan fingerprint density at radius 1 is 1.19 bits per heavy atom. The summed E-state index contributed by atoms with van der Waals surface area (Å²) in [6, 6.07) is 5.75. The topological polar surface area (TPSA) is 59.4 Å². The Morgan fingerprint density at radius 2 is 1.90 bits per heavy atom. The largest absolute Gasteiger partial charge is 0.507 e. The van der Waals surface area contributed by atoms with E-state index in [1.165, 1.54) is 16.9 Å². The Balaban J connectivity index is 2.12. The SMILES string of the molecule is CC(=O)C(OC(C)(C)C)c1c(C)nc2sc3c(c2c1-c1ccc(C)cc1O)CCCC3. The third kappa shape index (κ3) is 4.13. The van der Waals surface area contributed by atoms with Crippen molar-refractivity contribution in [2.24, 2.45) is 0 Å². The number of fused-ring (bicyclic) bond motifs is 3. The Labute approximate surface area is 188 Å². The zero-order valence-corrected chi connectivity index (χ0v) is 20.1. The fraction of sp³-hybridized carbons (Fsp3) is 0.462. The molecule has 0 aliphatic heterocycles. The first-order chi connectivity index (χ1) is 14.6. The molecule has 1 aromatic carbocycles. The Kier molecular flexibility index (Phi) is 5.69. The number of hydrogen-bond donors (Lipinski definition) is 1. The Morgan fingerprint density at radius 3 is 2.55 bits per heavy atom. The van der Waals surface area contributed by atoms with E-state index < -0.39 is 11.7 Å². The van der Waals surface area contributed by atoms with Crippen molar-refractivity contribution in [1.29, 1.82) is 0 Å². The molecular formula is C26H31NO3S. The van der Waals surface area contributed by atoms with Gasteiger partial charge in [0.2, 0.25) is 0 Å². The van der Waals surface area contributed by atoms with Crippen LogP contribution in [0.3, 0.4) is 0 Å². The maximum absolute atomic E-state index is 12.8. The lowest BCUT2D eigenvalue weighted by Crippen LogP contribution is -2.27. The number of benzene rings is 1. The summed E-state index contributed by atoms with van der Waals surface area (Å²) < 4.78 is 6.29. The molecule has 5 heteroatoms. The average Bonchev–Trinajstić information content (AvgIpc) is 3.02. The molecule has 4 rings (SSSR count). The minimum absolute atomic E-state index is 0.0591. The number of ketones is 1. The molecule has 164 valence electrons. The van der Waals surface area contributed by atoms with Gasteiger partial charge in [0.1, 0.15) is 16.7 Å². The number of aromatic hydroxyl groups is 1. The van der Waals surface area contributed by atoms with Crippen LogP contribution in [0.1, 0.15) is 73.9 Å². The fourth-order valence-electron chi connectivity index (χ4n) is 4.57. The second-order valence-electron chi connectivity index (χ2n) is 9.62. The number of ether oxygens (including phenoxy) is 1. The number of rotatable bonds is 4. The van der Waals surface area contributed by atoms with Crippen molar-refractivity contribution in [3.8, 4) is 16.9 Å². The summed E-state index contributed by atoms with van der Waals surface area (Å²) in [5.41, 5.74) is 5.03. The number of Topliss-reactive ketones (excluding diaryl/α,β-unsaturated/α-hetero) is 1. The summed E-state index contributed by atoms with van der Waals surface area (Å²) in [6.07, 6.45) is 3.67. The first-order valence-corrected chi connectivity index (χ1v) is 11.8. The number of phenols is 1. The van der Waals surface area contributed by atoms with Crippen molar-refractivity contribution < 1.29 is 14.6 Å². The lowest BCUT2D eigenvalue weighted by molar-refractivity contribution is -0.138. The van der Waals surface area contributed by atoms with E-state index in [-0.39, 0.29) is 11.5 Å². The predicted molar refractivity (Wildman–Crippen MR) is 127 cm³/mol. The van der Waals surface area contributed by atoms with Gasteiger partial charge in [-0.3, -0.25) is 4.79 Å². The highest BCUT2D eigenvalue weighted by molar-refractivity contribution is 7.19. The molecule has 0 saturated carbocycles. The summed E-state index contributed by atoms with van der Waals surface area (Å²) in [5.74, 6) is 0.165. The number of aromatic nitrogens is 1. The van der Waals surface area contributed by atoms with Crippen LogP contribution in [0.4, 0.5) is 0 Å². The quantitative estimate of drug-likeness (QED) is 0.499. The standard InChI is InChI=1S/C26H31NO3S/c1-14-11-12-17(19(29)13-14)22-21(24(16(3)28)30-26(4,5)6)15(2)27-25-23(22)18-9-7-8-10-20(18)31-25/h11-13,24,29H,7-10H2,1-6H3. The van der Waals surface area contributed by atoms with E-state index in [0.717, 1.165) is 57.4 Å². The molecule has 1 atom stereocenters. The van der Waals surface area contributed by atoms with Gasteiger partial charge in [0, 0.05) is 32.6 Å². The molecule has 0 spiro atoms. The van der Waals surface area contributed by atoms with Crippen molar-refractivity contribution in [2.75, 3.05) is 0 Å². The third-order valence-electron chi connectivity index (χ3n) is 5.86. The van der Waals surface area contributed by atoms with Gasteiger partial charge in [-0.2, -0.15) is 0 Å². The van der Waals surface area contributed by atoms with Gasteiger partial charge in [0.05, 0.1) is 5.60 Å². The molecule has 4 nitrogen and oxygen atoms in total. The van der Waals surface area contributed by atoms with Gasteiger partial charge in [-0.1, -0.05) is 12.1 Å². The summed E-state index contributed by atoms with van der Waals surface area (Å²) in [5, 5.41) is 12.1. The van der Waals surface area contributed by atoms with Gasteiger partial charge >= 0.3 is 0 Å². The molecule has 0 fully saturated rings. The number of thiophene rings is 1. The van der Waals surface area contributed by atoms with E-state index in [1.807, 2.05) is 46.8 Å². The third-order valence-corrected chi connectivity index (χ3v) is 7.04. The van der Waals surface area contributed by atoms with Crippen molar-refractivity contribution in [3.63, 3.8) is 0 Å². The van der Waals surface area contributed by atoms with Crippen LogP contribution in [0.25, 0.3) is 21.3 Å². The number of nitrogens with zero attached hydrogens (tertiary/aromatic N) is 1. The highest BCUT2D eigenvalue weighted by Gasteiger charge is 2.32. The second-order valence-corrected chi connectivity index (χ2v) is 10.7. The van der Waals surface area contributed by atoms with Crippen LogP contribution in [0.2, 0.25) is 0 Å². The zero-order chi connectivity index (χ0) is 22.5. The van der Waals surface area contributed by atoms with Crippen LogP contribution in [0, 0.1) is 13.8 Å². The van der Waals surface area contributed by atoms with Gasteiger partial charge in [0.25, 0.3) is 0 Å². The van der Waals surface area contributed by atoms with E-state index in [0.29, 0.717) is 0 Å². The predicted octanol–water partition coefficient (Wildman–Crippen LogP) is 6.61. The summed E-state index contributed by atoms with van der Waals surface area (Å²) >= 11 is 1.76. The molecule has 2 aromatic heterocycles. The first kappa shape index (κ1) is 22.0. The Bertz CT molecular complexity index is 1170. The molecule has 0 saturated heterocycles. The summed E-state index contributed by atoms with van der Waals surface area (Å²) in [7, 11) is 0. The zero-order valence-electron chi connectivity index (χ0n) is 19.3. The van der Waals surface area contributed by atoms with Crippen LogP contribution in [-0.2, 0) is 22.4 Å². The summed E-state index contributed by atoms with van der Waals surface area (Å²) in [6.45, 7) is 11.4. The minimum atomic E-state index is -0.744. The van der Waals surface area contributed by atoms with E-state index in [2.05, 4.69) is 0 Å². The van der Waals surface area contributed by atoms with Gasteiger partial charge in [-0.05, 0) is 84.4 Å². The number of phenolic OH excluding ortho intramolecular Hbond substituents is 1. The minimum Gasteiger partial charge on any atom is -0.507 e. The maximum atomic E-state index is 12.8. The molecule has 1 aliphatic rings. The number of aryl methyl sites for hydroxylation is 4. The van der Waals surface area contributed by atoms with Crippen molar-refractivity contribution >= 4 is 27.3 Å².